The molecule has 5 heteroatoms. The minimum absolute atomic E-state index is 0.181. The molecule has 1 heterocycles. The first-order chi connectivity index (χ1) is 10.5. The number of hydrogen-bond donors (Lipinski definition) is 2. The van der Waals surface area contributed by atoms with E-state index >= 15 is 0 Å². The molecule has 1 aliphatic rings. The van der Waals surface area contributed by atoms with Crippen LogP contribution in [0.1, 0.15) is 33.6 Å². The Morgan fingerprint density at radius 3 is 2.91 bits per heavy atom. The Balaban J connectivity index is 1.79. The molecule has 1 aliphatic carbocycles. The maximum atomic E-state index is 12.3. The molecule has 0 fully saturated rings. The minimum atomic E-state index is -0.181. The van der Waals surface area contributed by atoms with Crippen LogP contribution in [0, 0.1) is 6.92 Å². The number of nitrogens with one attached hydrogen (secondary N) is 1. The molecule has 22 heavy (non-hydrogen) atoms. The second kappa shape index (κ2) is 6.07. The maximum absolute atomic E-state index is 12.3. The average molecular weight is 316 g/mol. The van der Waals surface area contributed by atoms with E-state index in [1.165, 1.54) is 11.1 Å². The summed E-state index contributed by atoms with van der Waals surface area (Å²) in [5, 5.41) is 3.24. The summed E-state index contributed by atoms with van der Waals surface area (Å²) in [6.07, 6.45) is 2.85. The topological polar surface area (TPSA) is 68.0 Å². The van der Waals surface area contributed by atoms with Gasteiger partial charge in [0.1, 0.15) is 5.15 Å². The lowest BCUT2D eigenvalue weighted by Gasteiger charge is -2.22. The van der Waals surface area contributed by atoms with Crippen molar-refractivity contribution >= 4 is 23.2 Å². The molecule has 114 valence electrons. The highest BCUT2D eigenvalue weighted by atomic mass is 35.5. The lowest BCUT2D eigenvalue weighted by atomic mass is 9.88. The van der Waals surface area contributed by atoms with Gasteiger partial charge in [0.2, 0.25) is 0 Å². The predicted octanol–water partition coefficient (Wildman–Crippen LogP) is 3.11. The first kappa shape index (κ1) is 15.0. The molecule has 2 aromatic rings. The Morgan fingerprint density at radius 2 is 2.14 bits per heavy atom. The number of carbonyl (C=O) groups is 1. The zero-order chi connectivity index (χ0) is 15.7. The van der Waals surface area contributed by atoms with E-state index < -0.39 is 0 Å². The molecular formula is C17H18ClN3O. The largest absolute Gasteiger partial charge is 0.327 e. The van der Waals surface area contributed by atoms with Crippen LogP contribution in [0.15, 0.2) is 30.3 Å². The van der Waals surface area contributed by atoms with Crippen LogP contribution < -0.4 is 11.1 Å². The molecule has 0 saturated carbocycles. The number of halogens is 1. The summed E-state index contributed by atoms with van der Waals surface area (Å²) in [5.41, 5.74) is 10.6. The van der Waals surface area contributed by atoms with Gasteiger partial charge in [-0.05, 0) is 61.6 Å². The summed E-state index contributed by atoms with van der Waals surface area (Å²) < 4.78 is 0. The summed E-state index contributed by atoms with van der Waals surface area (Å²) in [7, 11) is 0. The highest BCUT2D eigenvalue weighted by molar-refractivity contribution is 6.29. The summed E-state index contributed by atoms with van der Waals surface area (Å²) in [4.78, 5) is 16.4. The summed E-state index contributed by atoms with van der Waals surface area (Å²) in [6, 6.07) is 9.54. The van der Waals surface area contributed by atoms with E-state index in [0.29, 0.717) is 10.7 Å². The van der Waals surface area contributed by atoms with Crippen LogP contribution in [0.2, 0.25) is 5.15 Å². The van der Waals surface area contributed by atoms with Gasteiger partial charge in [-0.15, -0.1) is 0 Å². The number of aromatic nitrogens is 1. The van der Waals surface area contributed by atoms with Gasteiger partial charge in [0.05, 0.1) is 0 Å². The number of nitrogens with zero attached hydrogens (tertiary/aromatic N) is 1. The van der Waals surface area contributed by atoms with E-state index in [0.717, 1.165) is 30.6 Å². The molecule has 3 rings (SSSR count). The molecule has 1 aromatic heterocycles. The molecule has 0 radical (unpaired) electrons. The predicted molar refractivity (Wildman–Crippen MR) is 88.4 cm³/mol. The Hall–Kier alpha value is -1.91. The van der Waals surface area contributed by atoms with Crippen molar-refractivity contribution < 1.29 is 4.79 Å². The number of rotatable bonds is 2. The number of pyridine rings is 1. The molecule has 1 unspecified atom stereocenters. The van der Waals surface area contributed by atoms with E-state index in [1.807, 2.05) is 19.1 Å². The second-order valence-corrected chi connectivity index (χ2v) is 6.15. The van der Waals surface area contributed by atoms with Gasteiger partial charge in [-0.25, -0.2) is 4.98 Å². The maximum Gasteiger partial charge on any atom is 0.255 e. The highest BCUT2D eigenvalue weighted by Gasteiger charge is 2.16. The van der Waals surface area contributed by atoms with Crippen molar-refractivity contribution in [3.8, 4) is 0 Å². The van der Waals surface area contributed by atoms with Gasteiger partial charge in [-0.1, -0.05) is 17.7 Å². The summed E-state index contributed by atoms with van der Waals surface area (Å²) in [6.45, 7) is 1.81. The molecule has 4 nitrogen and oxygen atoms in total. The minimum Gasteiger partial charge on any atom is -0.327 e. The SMILES string of the molecule is Cc1cc(C(=O)Nc2ccc3c(c2)CCC(N)C3)cc(Cl)n1. The van der Waals surface area contributed by atoms with E-state index in [9.17, 15) is 4.79 Å². The van der Waals surface area contributed by atoms with Crippen molar-refractivity contribution in [2.24, 2.45) is 5.73 Å². The third kappa shape index (κ3) is 3.29. The smallest absolute Gasteiger partial charge is 0.255 e. The number of fused-ring (bicyclic) bond motifs is 1. The van der Waals surface area contributed by atoms with Gasteiger partial charge >= 0.3 is 0 Å². The molecule has 3 N–H and O–H groups in total. The van der Waals surface area contributed by atoms with Crippen LogP contribution in [-0.4, -0.2) is 16.9 Å². The Bertz CT molecular complexity index is 710. The lowest BCUT2D eigenvalue weighted by molar-refractivity contribution is 0.102. The fourth-order valence-corrected chi connectivity index (χ4v) is 3.07. The number of anilines is 1. The van der Waals surface area contributed by atoms with Crippen LogP contribution in [0.4, 0.5) is 5.69 Å². The molecule has 1 atom stereocenters. The van der Waals surface area contributed by atoms with Crippen molar-refractivity contribution in [3.63, 3.8) is 0 Å². The summed E-state index contributed by atoms with van der Waals surface area (Å²) in [5.74, 6) is -0.181. The summed E-state index contributed by atoms with van der Waals surface area (Å²) >= 11 is 5.90. The van der Waals surface area contributed by atoms with E-state index in [4.69, 9.17) is 17.3 Å². The van der Waals surface area contributed by atoms with Crippen molar-refractivity contribution in [2.75, 3.05) is 5.32 Å². The van der Waals surface area contributed by atoms with Crippen LogP contribution in [0.3, 0.4) is 0 Å². The van der Waals surface area contributed by atoms with Crippen LogP contribution in [0.5, 0.6) is 0 Å². The third-order valence-corrected chi connectivity index (χ3v) is 4.11. The fourth-order valence-electron chi connectivity index (χ4n) is 2.82. The second-order valence-electron chi connectivity index (χ2n) is 5.76. The van der Waals surface area contributed by atoms with Gasteiger partial charge in [0, 0.05) is 23.0 Å². The monoisotopic (exact) mass is 315 g/mol. The van der Waals surface area contributed by atoms with Crippen molar-refractivity contribution in [1.82, 2.24) is 4.98 Å². The van der Waals surface area contributed by atoms with E-state index in [1.54, 1.807) is 12.1 Å². The molecule has 0 aliphatic heterocycles. The zero-order valence-corrected chi connectivity index (χ0v) is 13.2. The Labute approximate surface area is 134 Å². The fraction of sp³-hybridized carbons (Fsp3) is 0.294. The molecule has 0 saturated heterocycles. The number of carbonyl (C=O) groups excluding carboxylic acids is 1. The van der Waals surface area contributed by atoms with Gasteiger partial charge < -0.3 is 11.1 Å². The quantitative estimate of drug-likeness (QED) is 0.837. The number of nitrogens with two attached hydrogens (primary N) is 1. The number of amides is 1. The first-order valence-electron chi connectivity index (χ1n) is 7.34. The highest BCUT2D eigenvalue weighted by Crippen LogP contribution is 2.24. The van der Waals surface area contributed by atoms with Crippen molar-refractivity contribution in [3.05, 3.63) is 57.9 Å². The van der Waals surface area contributed by atoms with Gasteiger partial charge in [0.15, 0.2) is 0 Å². The molecular weight excluding hydrogens is 298 g/mol. The van der Waals surface area contributed by atoms with Crippen LogP contribution in [0.25, 0.3) is 0 Å². The van der Waals surface area contributed by atoms with Crippen LogP contribution in [-0.2, 0) is 12.8 Å². The van der Waals surface area contributed by atoms with Crippen LogP contribution >= 0.6 is 11.6 Å². The molecule has 0 bridgehead atoms. The molecule has 0 spiro atoms. The third-order valence-electron chi connectivity index (χ3n) is 3.92. The van der Waals surface area contributed by atoms with Crippen molar-refractivity contribution in [2.45, 2.75) is 32.2 Å². The van der Waals surface area contributed by atoms with Crippen molar-refractivity contribution in [1.29, 1.82) is 0 Å². The standard InChI is InChI=1S/C17H18ClN3O/c1-10-6-13(9-16(18)20-10)17(22)21-15-5-3-11-7-14(19)4-2-12(11)8-15/h3,5-6,8-9,14H,2,4,7,19H2,1H3,(H,21,22). The number of aryl methyl sites for hydroxylation is 2. The normalized spacial score (nSPS) is 17.0. The van der Waals surface area contributed by atoms with E-state index in [-0.39, 0.29) is 11.9 Å². The van der Waals surface area contributed by atoms with Gasteiger partial charge in [0.25, 0.3) is 5.91 Å². The zero-order valence-electron chi connectivity index (χ0n) is 12.4. The average Bonchev–Trinajstić information content (AvgIpc) is 2.46. The molecule has 1 amide bonds. The lowest BCUT2D eigenvalue weighted by Crippen LogP contribution is -2.27. The Morgan fingerprint density at radius 1 is 1.32 bits per heavy atom. The number of benzene rings is 1. The molecule has 1 aromatic carbocycles. The Kier molecular flexibility index (Phi) is 4.14. The number of hydrogen-bond acceptors (Lipinski definition) is 3. The van der Waals surface area contributed by atoms with Gasteiger partial charge in [-0.3, -0.25) is 4.79 Å². The van der Waals surface area contributed by atoms with E-state index in [2.05, 4.69) is 16.4 Å². The first-order valence-corrected chi connectivity index (χ1v) is 7.72. The van der Waals surface area contributed by atoms with Gasteiger partial charge in [-0.2, -0.15) is 0 Å².